The number of fused-ring (bicyclic) bond motifs is 2. The molecule has 7 heteroatoms. The smallest absolute Gasteiger partial charge is 0.253 e. The highest BCUT2D eigenvalue weighted by atomic mass is 16.1. The molecule has 0 saturated heterocycles. The molecule has 0 spiro atoms. The number of rotatable bonds is 5. The zero-order valence-corrected chi connectivity index (χ0v) is 20.6. The highest BCUT2D eigenvalue weighted by Gasteiger charge is 2.35. The average molecular weight is 457 g/mol. The van der Waals surface area contributed by atoms with Gasteiger partial charge in [0.2, 0.25) is 0 Å². The standard InChI is InChI=1S/C27H32N6O/c1-6-27(4,5)33-25(29-30-31-33)24(32-12-11-19-9-7-8-10-20(19)16-32)22-15-21-18(3)13-17(2)14-23(21)28-26(22)34/h7-10,13-15,24H,6,11-12,16H2,1-5H3,(H,28,34)/t24-/m0/s1. The molecule has 1 N–H and O–H groups in total. The summed E-state index contributed by atoms with van der Waals surface area (Å²) in [6.07, 6.45) is 1.79. The van der Waals surface area contributed by atoms with E-state index in [1.165, 1.54) is 11.1 Å². The van der Waals surface area contributed by atoms with Crippen LogP contribution in [0.5, 0.6) is 0 Å². The second kappa shape index (κ2) is 8.47. The zero-order valence-electron chi connectivity index (χ0n) is 20.6. The summed E-state index contributed by atoms with van der Waals surface area (Å²) >= 11 is 0. The summed E-state index contributed by atoms with van der Waals surface area (Å²) in [7, 11) is 0. The second-order valence-electron chi connectivity index (χ2n) is 10.1. The lowest BCUT2D eigenvalue weighted by molar-refractivity contribution is 0.181. The molecule has 7 nitrogen and oxygen atoms in total. The first-order chi connectivity index (χ1) is 16.3. The van der Waals surface area contributed by atoms with Crippen LogP contribution in [-0.4, -0.2) is 36.6 Å². The van der Waals surface area contributed by atoms with Crippen LogP contribution in [-0.2, 0) is 18.5 Å². The van der Waals surface area contributed by atoms with Gasteiger partial charge in [-0.3, -0.25) is 9.69 Å². The molecule has 2 aromatic carbocycles. The summed E-state index contributed by atoms with van der Waals surface area (Å²) in [4.78, 5) is 19.0. The maximum Gasteiger partial charge on any atom is 0.253 e. The SMILES string of the molecule is CCC(C)(C)n1nnnc1[C@H](c1cc2c(C)cc(C)cc2[nH]c1=O)N1CCc2ccccc2C1. The Bertz CT molecular complexity index is 1420. The van der Waals surface area contributed by atoms with Crippen molar-refractivity contribution in [2.75, 3.05) is 6.54 Å². The van der Waals surface area contributed by atoms with Gasteiger partial charge in [-0.15, -0.1) is 5.10 Å². The van der Waals surface area contributed by atoms with E-state index in [2.05, 4.69) is 83.4 Å². The molecule has 1 aliphatic rings. The van der Waals surface area contributed by atoms with Crippen LogP contribution in [0.1, 0.15) is 66.9 Å². The molecule has 0 saturated carbocycles. The van der Waals surface area contributed by atoms with E-state index in [0.717, 1.165) is 48.0 Å². The second-order valence-corrected chi connectivity index (χ2v) is 10.1. The number of H-pyrrole nitrogens is 1. The molecule has 0 aliphatic carbocycles. The Kier molecular flexibility index (Phi) is 5.60. The van der Waals surface area contributed by atoms with Gasteiger partial charge in [-0.1, -0.05) is 37.3 Å². The van der Waals surface area contributed by atoms with Crippen LogP contribution >= 0.6 is 0 Å². The Balaban J connectivity index is 1.71. The average Bonchev–Trinajstić information content (AvgIpc) is 3.30. The van der Waals surface area contributed by atoms with Gasteiger partial charge in [0.05, 0.1) is 5.54 Å². The molecule has 2 aromatic heterocycles. The van der Waals surface area contributed by atoms with E-state index in [9.17, 15) is 4.79 Å². The minimum absolute atomic E-state index is 0.0924. The number of hydrogen-bond acceptors (Lipinski definition) is 5. The Labute approximate surface area is 199 Å². The van der Waals surface area contributed by atoms with Crippen molar-refractivity contribution >= 4 is 10.9 Å². The topological polar surface area (TPSA) is 79.7 Å². The minimum Gasteiger partial charge on any atom is -0.322 e. The molecule has 0 radical (unpaired) electrons. The molecule has 5 rings (SSSR count). The van der Waals surface area contributed by atoms with Crippen molar-refractivity contribution < 1.29 is 0 Å². The Hall–Kier alpha value is -3.32. The largest absolute Gasteiger partial charge is 0.322 e. The minimum atomic E-state index is -0.358. The number of nitrogens with zero attached hydrogens (tertiary/aromatic N) is 5. The Morgan fingerprint density at radius 2 is 1.88 bits per heavy atom. The third-order valence-electron chi connectivity index (χ3n) is 7.34. The van der Waals surface area contributed by atoms with E-state index in [-0.39, 0.29) is 17.1 Å². The van der Waals surface area contributed by atoms with Gasteiger partial charge in [0.1, 0.15) is 6.04 Å². The highest BCUT2D eigenvalue weighted by molar-refractivity contribution is 5.83. The molecular weight excluding hydrogens is 424 g/mol. The van der Waals surface area contributed by atoms with Crippen molar-refractivity contribution in [3.8, 4) is 0 Å². The predicted molar refractivity (Wildman–Crippen MR) is 134 cm³/mol. The van der Waals surface area contributed by atoms with Crippen molar-refractivity contribution in [3.05, 3.63) is 86.5 Å². The lowest BCUT2D eigenvalue weighted by atomic mass is 9.94. The van der Waals surface area contributed by atoms with E-state index in [0.29, 0.717) is 11.4 Å². The van der Waals surface area contributed by atoms with Gasteiger partial charge in [-0.05, 0) is 85.3 Å². The summed E-state index contributed by atoms with van der Waals surface area (Å²) < 4.78 is 1.91. The first kappa shape index (κ1) is 22.5. The molecule has 3 heterocycles. The first-order valence-corrected chi connectivity index (χ1v) is 12.0. The summed E-state index contributed by atoms with van der Waals surface area (Å²) in [6, 6.07) is 14.4. The quantitative estimate of drug-likeness (QED) is 0.481. The monoisotopic (exact) mass is 456 g/mol. The number of pyridine rings is 1. The van der Waals surface area contributed by atoms with Gasteiger partial charge in [-0.25, -0.2) is 4.68 Å². The summed E-state index contributed by atoms with van der Waals surface area (Å²) in [5.41, 5.74) is 6.10. The maximum absolute atomic E-state index is 13.6. The van der Waals surface area contributed by atoms with Crippen molar-refractivity contribution in [3.63, 3.8) is 0 Å². The van der Waals surface area contributed by atoms with Gasteiger partial charge < -0.3 is 4.98 Å². The Morgan fingerprint density at radius 1 is 1.12 bits per heavy atom. The first-order valence-electron chi connectivity index (χ1n) is 12.0. The van der Waals surface area contributed by atoms with E-state index in [4.69, 9.17) is 0 Å². The molecule has 34 heavy (non-hydrogen) atoms. The number of aromatic nitrogens is 5. The number of aromatic amines is 1. The summed E-state index contributed by atoms with van der Waals surface area (Å²) in [5.74, 6) is 0.709. The van der Waals surface area contributed by atoms with Gasteiger partial charge in [0.15, 0.2) is 5.82 Å². The van der Waals surface area contributed by atoms with Crippen LogP contribution in [0.3, 0.4) is 0 Å². The van der Waals surface area contributed by atoms with E-state index in [1.54, 1.807) is 0 Å². The molecule has 0 unspecified atom stereocenters. The number of hydrogen-bond donors (Lipinski definition) is 1. The van der Waals surface area contributed by atoms with Crippen molar-refractivity contribution in [1.29, 1.82) is 0 Å². The number of tetrazole rings is 1. The van der Waals surface area contributed by atoms with E-state index >= 15 is 0 Å². The van der Waals surface area contributed by atoms with Crippen LogP contribution in [0.2, 0.25) is 0 Å². The fourth-order valence-corrected chi connectivity index (χ4v) is 5.07. The van der Waals surface area contributed by atoms with Gasteiger partial charge in [-0.2, -0.15) is 0 Å². The molecule has 4 aromatic rings. The van der Waals surface area contributed by atoms with Crippen LogP contribution in [0.15, 0.2) is 47.3 Å². The van der Waals surface area contributed by atoms with Crippen molar-refractivity contribution in [2.45, 2.75) is 65.6 Å². The Morgan fingerprint density at radius 3 is 2.65 bits per heavy atom. The highest BCUT2D eigenvalue weighted by Crippen LogP contribution is 2.34. The molecule has 1 atom stereocenters. The van der Waals surface area contributed by atoms with Crippen molar-refractivity contribution in [1.82, 2.24) is 30.1 Å². The number of benzene rings is 2. The third-order valence-corrected chi connectivity index (χ3v) is 7.34. The van der Waals surface area contributed by atoms with E-state index in [1.807, 2.05) is 23.7 Å². The molecule has 0 bridgehead atoms. The van der Waals surface area contributed by atoms with Crippen molar-refractivity contribution in [2.24, 2.45) is 0 Å². The maximum atomic E-state index is 13.6. The molecular formula is C27H32N6O. The lowest BCUT2D eigenvalue weighted by Crippen LogP contribution is -2.40. The zero-order chi connectivity index (χ0) is 24.0. The van der Waals surface area contributed by atoms with Crippen LogP contribution < -0.4 is 5.56 Å². The third kappa shape index (κ3) is 3.84. The normalized spacial score (nSPS) is 15.4. The van der Waals surface area contributed by atoms with Gasteiger partial charge >= 0.3 is 0 Å². The van der Waals surface area contributed by atoms with Crippen LogP contribution in [0.4, 0.5) is 0 Å². The summed E-state index contributed by atoms with van der Waals surface area (Å²) in [6.45, 7) is 12.1. The molecule has 0 fully saturated rings. The lowest BCUT2D eigenvalue weighted by Gasteiger charge is -2.36. The van der Waals surface area contributed by atoms with Crippen LogP contribution in [0.25, 0.3) is 10.9 Å². The van der Waals surface area contributed by atoms with Gasteiger partial charge in [0, 0.05) is 29.6 Å². The molecule has 1 aliphatic heterocycles. The van der Waals surface area contributed by atoms with Crippen LogP contribution in [0, 0.1) is 13.8 Å². The predicted octanol–water partition coefficient (Wildman–Crippen LogP) is 4.42. The van der Waals surface area contributed by atoms with E-state index < -0.39 is 0 Å². The number of aryl methyl sites for hydroxylation is 2. The molecule has 0 amide bonds. The number of nitrogens with one attached hydrogen (secondary N) is 1. The van der Waals surface area contributed by atoms with Gasteiger partial charge in [0.25, 0.3) is 5.56 Å². The summed E-state index contributed by atoms with van der Waals surface area (Å²) in [5, 5.41) is 14.0. The fraction of sp³-hybridized carbons (Fsp3) is 0.407. The fourth-order valence-electron chi connectivity index (χ4n) is 5.07. The molecule has 176 valence electrons.